The number of benzene rings is 2. The lowest BCUT2D eigenvalue weighted by molar-refractivity contribution is 0.211. The summed E-state index contributed by atoms with van der Waals surface area (Å²) in [5.74, 6) is 1.97. The molecule has 130 valence electrons. The van der Waals surface area contributed by atoms with Crippen LogP contribution in [-0.2, 0) is 12.8 Å². The lowest BCUT2D eigenvalue weighted by Crippen LogP contribution is -2.10. The van der Waals surface area contributed by atoms with Crippen LogP contribution in [0, 0.1) is 0 Å². The Bertz CT molecular complexity index is 644. The van der Waals surface area contributed by atoms with Crippen molar-refractivity contribution in [1.29, 1.82) is 0 Å². The van der Waals surface area contributed by atoms with Gasteiger partial charge >= 0.3 is 0 Å². The van der Waals surface area contributed by atoms with E-state index in [4.69, 9.17) is 31.5 Å². The lowest BCUT2D eigenvalue weighted by Gasteiger charge is -2.14. The standard InChI is InChI=1S/C19H24ClNO3/c1-3-14-4-6-16(7-5-14)23-10-11-24-19-17(20)12-15(8-9-21)13-18(19)22-2/h4-7,12-13H,3,8-11,21H2,1-2H3. The van der Waals surface area contributed by atoms with Crippen molar-refractivity contribution in [2.24, 2.45) is 5.73 Å². The molecule has 0 unspecified atom stereocenters. The molecule has 0 aliphatic heterocycles. The minimum atomic E-state index is 0.377. The highest BCUT2D eigenvalue weighted by molar-refractivity contribution is 6.32. The van der Waals surface area contributed by atoms with Crippen LogP contribution in [0.4, 0.5) is 0 Å². The van der Waals surface area contributed by atoms with E-state index in [1.807, 2.05) is 24.3 Å². The summed E-state index contributed by atoms with van der Waals surface area (Å²) in [6, 6.07) is 11.8. The molecule has 2 aromatic carbocycles. The summed E-state index contributed by atoms with van der Waals surface area (Å²) in [7, 11) is 1.59. The first-order chi connectivity index (χ1) is 11.7. The Labute approximate surface area is 148 Å². The van der Waals surface area contributed by atoms with E-state index in [1.54, 1.807) is 7.11 Å². The third kappa shape index (κ3) is 5.05. The molecule has 4 nitrogen and oxygen atoms in total. The Morgan fingerprint density at radius 2 is 1.71 bits per heavy atom. The molecule has 0 atom stereocenters. The van der Waals surface area contributed by atoms with Gasteiger partial charge in [0.15, 0.2) is 11.5 Å². The van der Waals surface area contributed by atoms with Gasteiger partial charge in [-0.25, -0.2) is 0 Å². The Hall–Kier alpha value is -1.91. The number of hydrogen-bond acceptors (Lipinski definition) is 4. The van der Waals surface area contributed by atoms with Crippen LogP contribution in [0.3, 0.4) is 0 Å². The van der Waals surface area contributed by atoms with Crippen molar-refractivity contribution in [3.05, 3.63) is 52.5 Å². The quantitative estimate of drug-likeness (QED) is 0.698. The maximum absolute atomic E-state index is 6.29. The summed E-state index contributed by atoms with van der Waals surface area (Å²) in [6.07, 6.45) is 1.76. The SMILES string of the molecule is CCc1ccc(OCCOc2c(Cl)cc(CCN)cc2OC)cc1. The Morgan fingerprint density at radius 1 is 1.00 bits per heavy atom. The number of methoxy groups -OCH3 is 1. The van der Waals surface area contributed by atoms with E-state index in [9.17, 15) is 0 Å². The molecule has 0 spiro atoms. The van der Waals surface area contributed by atoms with E-state index in [2.05, 4.69) is 19.1 Å². The summed E-state index contributed by atoms with van der Waals surface area (Å²) >= 11 is 6.29. The highest BCUT2D eigenvalue weighted by Crippen LogP contribution is 2.36. The predicted octanol–water partition coefficient (Wildman–Crippen LogP) is 3.87. The first-order valence-corrected chi connectivity index (χ1v) is 8.46. The molecule has 2 N–H and O–H groups in total. The molecule has 0 aromatic heterocycles. The summed E-state index contributed by atoms with van der Waals surface area (Å²) in [4.78, 5) is 0. The third-order valence-electron chi connectivity index (χ3n) is 3.65. The van der Waals surface area contributed by atoms with Crippen LogP contribution in [0.15, 0.2) is 36.4 Å². The van der Waals surface area contributed by atoms with Crippen LogP contribution in [-0.4, -0.2) is 26.9 Å². The topological polar surface area (TPSA) is 53.7 Å². The van der Waals surface area contributed by atoms with Crippen molar-refractivity contribution in [1.82, 2.24) is 0 Å². The van der Waals surface area contributed by atoms with Gasteiger partial charge in [-0.05, 0) is 54.8 Å². The summed E-state index contributed by atoms with van der Waals surface area (Å²) in [5, 5.41) is 0.519. The normalized spacial score (nSPS) is 10.5. The van der Waals surface area contributed by atoms with Gasteiger partial charge in [-0.15, -0.1) is 0 Å². The van der Waals surface area contributed by atoms with E-state index in [1.165, 1.54) is 5.56 Å². The fraction of sp³-hybridized carbons (Fsp3) is 0.368. The first kappa shape index (κ1) is 18.4. The van der Waals surface area contributed by atoms with Crippen LogP contribution < -0.4 is 19.9 Å². The highest BCUT2D eigenvalue weighted by atomic mass is 35.5. The summed E-state index contributed by atoms with van der Waals surface area (Å²) < 4.78 is 16.8. The van der Waals surface area contributed by atoms with Crippen molar-refractivity contribution in [2.45, 2.75) is 19.8 Å². The molecule has 0 saturated heterocycles. The van der Waals surface area contributed by atoms with Crippen molar-refractivity contribution in [3.8, 4) is 17.2 Å². The molecule has 0 fully saturated rings. The minimum absolute atomic E-state index is 0.377. The monoisotopic (exact) mass is 349 g/mol. The Kier molecular flexibility index (Phi) is 7.22. The number of ether oxygens (including phenoxy) is 3. The fourth-order valence-electron chi connectivity index (χ4n) is 2.35. The maximum Gasteiger partial charge on any atom is 0.179 e. The van der Waals surface area contributed by atoms with Gasteiger partial charge in [-0.1, -0.05) is 30.7 Å². The van der Waals surface area contributed by atoms with Crippen molar-refractivity contribution >= 4 is 11.6 Å². The molecule has 2 aromatic rings. The Morgan fingerprint density at radius 3 is 2.33 bits per heavy atom. The molecule has 0 aliphatic rings. The molecule has 0 amide bonds. The minimum Gasteiger partial charge on any atom is -0.493 e. The number of aryl methyl sites for hydroxylation is 1. The van der Waals surface area contributed by atoms with Crippen molar-refractivity contribution in [3.63, 3.8) is 0 Å². The van der Waals surface area contributed by atoms with Crippen LogP contribution in [0.2, 0.25) is 5.02 Å². The number of nitrogens with two attached hydrogens (primary N) is 1. The molecule has 2 rings (SSSR count). The second-order valence-electron chi connectivity index (χ2n) is 5.34. The third-order valence-corrected chi connectivity index (χ3v) is 3.93. The smallest absolute Gasteiger partial charge is 0.179 e. The van der Waals surface area contributed by atoms with Gasteiger partial charge in [0.05, 0.1) is 12.1 Å². The second-order valence-corrected chi connectivity index (χ2v) is 5.75. The van der Waals surface area contributed by atoms with E-state index in [0.29, 0.717) is 36.3 Å². The van der Waals surface area contributed by atoms with Crippen LogP contribution in [0.25, 0.3) is 0 Å². The maximum atomic E-state index is 6.29. The Balaban J connectivity index is 1.91. The predicted molar refractivity (Wildman–Crippen MR) is 97.6 cm³/mol. The van der Waals surface area contributed by atoms with Crippen molar-refractivity contribution in [2.75, 3.05) is 26.9 Å². The fourth-order valence-corrected chi connectivity index (χ4v) is 2.64. The molecular formula is C19H24ClNO3. The molecule has 24 heavy (non-hydrogen) atoms. The summed E-state index contributed by atoms with van der Waals surface area (Å²) in [6.45, 7) is 3.49. The van der Waals surface area contributed by atoms with Gasteiger partial charge in [0.1, 0.15) is 19.0 Å². The van der Waals surface area contributed by atoms with Crippen LogP contribution >= 0.6 is 11.6 Å². The van der Waals surface area contributed by atoms with E-state index in [-0.39, 0.29) is 0 Å². The second kappa shape index (κ2) is 9.40. The zero-order chi connectivity index (χ0) is 17.4. The zero-order valence-corrected chi connectivity index (χ0v) is 14.9. The molecule has 5 heteroatoms. The van der Waals surface area contributed by atoms with E-state index in [0.717, 1.165) is 24.2 Å². The zero-order valence-electron chi connectivity index (χ0n) is 14.2. The highest BCUT2D eigenvalue weighted by Gasteiger charge is 2.12. The molecule has 0 aliphatic carbocycles. The molecule has 0 heterocycles. The van der Waals surface area contributed by atoms with Gasteiger partial charge in [0.25, 0.3) is 0 Å². The first-order valence-electron chi connectivity index (χ1n) is 8.09. The van der Waals surface area contributed by atoms with E-state index < -0.39 is 0 Å². The lowest BCUT2D eigenvalue weighted by atomic mass is 10.1. The molecule has 0 bridgehead atoms. The molecule has 0 saturated carbocycles. The number of rotatable bonds is 9. The van der Waals surface area contributed by atoms with Crippen LogP contribution in [0.1, 0.15) is 18.1 Å². The molecular weight excluding hydrogens is 326 g/mol. The van der Waals surface area contributed by atoms with E-state index >= 15 is 0 Å². The number of halogens is 1. The number of hydrogen-bond donors (Lipinski definition) is 1. The van der Waals surface area contributed by atoms with Gasteiger partial charge < -0.3 is 19.9 Å². The summed E-state index contributed by atoms with van der Waals surface area (Å²) in [5.41, 5.74) is 7.89. The van der Waals surface area contributed by atoms with Gasteiger partial charge in [0, 0.05) is 0 Å². The van der Waals surface area contributed by atoms with Crippen LogP contribution in [0.5, 0.6) is 17.2 Å². The molecule has 0 radical (unpaired) electrons. The largest absolute Gasteiger partial charge is 0.493 e. The van der Waals surface area contributed by atoms with Gasteiger partial charge in [-0.3, -0.25) is 0 Å². The average molecular weight is 350 g/mol. The van der Waals surface area contributed by atoms with Crippen molar-refractivity contribution < 1.29 is 14.2 Å². The van der Waals surface area contributed by atoms with Gasteiger partial charge in [-0.2, -0.15) is 0 Å². The van der Waals surface area contributed by atoms with Gasteiger partial charge in [0.2, 0.25) is 0 Å². The average Bonchev–Trinajstić information content (AvgIpc) is 2.60.